The Morgan fingerprint density at radius 2 is 2.00 bits per heavy atom. The molecule has 0 aliphatic heterocycles. The number of hydrogen-bond donors (Lipinski definition) is 2. The molecule has 0 saturated carbocycles. The Kier molecular flexibility index (Phi) is 4.26. The van der Waals surface area contributed by atoms with Crippen LogP contribution >= 0.6 is 0 Å². The topological polar surface area (TPSA) is 68.0 Å². The zero-order valence-electron chi connectivity index (χ0n) is 10.8. The fourth-order valence-electron chi connectivity index (χ4n) is 1.79. The number of primary amides is 1. The number of benzene rings is 1. The van der Waals surface area contributed by atoms with Crippen LogP contribution in [0, 0.1) is 0 Å². The zero-order chi connectivity index (χ0) is 13.7. The standard InChI is InChI=1S/C15H17N3O/c1-11(14-4-2-3-9-17-14)18-10-12-5-7-13(8-6-12)15(16)19/h2-9,11,18H,10H2,1H3,(H2,16,19). The summed E-state index contributed by atoms with van der Waals surface area (Å²) in [7, 11) is 0. The summed E-state index contributed by atoms with van der Waals surface area (Å²) in [5, 5.41) is 3.39. The predicted octanol–water partition coefficient (Wildman–Crippen LogP) is 2.03. The van der Waals surface area contributed by atoms with E-state index in [9.17, 15) is 4.79 Å². The lowest BCUT2D eigenvalue weighted by Gasteiger charge is -2.13. The fraction of sp³-hybridized carbons (Fsp3) is 0.200. The van der Waals surface area contributed by atoms with E-state index in [1.165, 1.54) is 0 Å². The van der Waals surface area contributed by atoms with E-state index < -0.39 is 5.91 Å². The Labute approximate surface area is 112 Å². The van der Waals surface area contributed by atoms with Gasteiger partial charge in [0.2, 0.25) is 5.91 Å². The number of aromatic nitrogens is 1. The summed E-state index contributed by atoms with van der Waals surface area (Å²) in [4.78, 5) is 15.3. The molecule has 19 heavy (non-hydrogen) atoms. The molecule has 2 rings (SSSR count). The van der Waals surface area contributed by atoms with Gasteiger partial charge in [-0.1, -0.05) is 18.2 Å². The lowest BCUT2D eigenvalue weighted by molar-refractivity contribution is 0.100. The Balaban J connectivity index is 1.93. The molecule has 0 spiro atoms. The smallest absolute Gasteiger partial charge is 0.248 e. The van der Waals surface area contributed by atoms with Crippen molar-refractivity contribution in [2.75, 3.05) is 0 Å². The van der Waals surface area contributed by atoms with Crippen molar-refractivity contribution in [1.29, 1.82) is 0 Å². The second-order valence-electron chi connectivity index (χ2n) is 4.42. The summed E-state index contributed by atoms with van der Waals surface area (Å²) in [6.07, 6.45) is 1.79. The molecule has 1 unspecified atom stereocenters. The number of carbonyl (C=O) groups is 1. The molecule has 98 valence electrons. The van der Waals surface area contributed by atoms with Gasteiger partial charge < -0.3 is 11.1 Å². The molecule has 1 atom stereocenters. The van der Waals surface area contributed by atoms with Crippen LogP contribution in [0.15, 0.2) is 48.7 Å². The Bertz CT molecular complexity index is 537. The Hall–Kier alpha value is -2.20. The van der Waals surface area contributed by atoms with Gasteiger partial charge in [-0.3, -0.25) is 9.78 Å². The number of nitrogens with zero attached hydrogens (tertiary/aromatic N) is 1. The summed E-state index contributed by atoms with van der Waals surface area (Å²) in [5.74, 6) is -0.402. The third kappa shape index (κ3) is 3.63. The number of nitrogens with two attached hydrogens (primary N) is 1. The van der Waals surface area contributed by atoms with Crippen LogP contribution in [0.4, 0.5) is 0 Å². The van der Waals surface area contributed by atoms with E-state index in [-0.39, 0.29) is 6.04 Å². The minimum atomic E-state index is -0.402. The molecule has 1 aromatic carbocycles. The van der Waals surface area contributed by atoms with Crippen LogP contribution in [0.2, 0.25) is 0 Å². The van der Waals surface area contributed by atoms with Gasteiger partial charge in [-0.05, 0) is 36.8 Å². The van der Waals surface area contributed by atoms with E-state index in [1.807, 2.05) is 30.3 Å². The quantitative estimate of drug-likeness (QED) is 0.859. The molecule has 0 aliphatic carbocycles. The molecule has 1 aromatic heterocycles. The molecule has 0 aliphatic rings. The van der Waals surface area contributed by atoms with Crippen molar-refractivity contribution < 1.29 is 4.79 Å². The van der Waals surface area contributed by atoms with Crippen LogP contribution < -0.4 is 11.1 Å². The highest BCUT2D eigenvalue weighted by molar-refractivity contribution is 5.92. The lowest BCUT2D eigenvalue weighted by Crippen LogP contribution is -2.19. The van der Waals surface area contributed by atoms with Gasteiger partial charge in [-0.25, -0.2) is 0 Å². The van der Waals surface area contributed by atoms with Gasteiger partial charge in [0.05, 0.1) is 5.69 Å². The van der Waals surface area contributed by atoms with E-state index >= 15 is 0 Å². The highest BCUT2D eigenvalue weighted by Gasteiger charge is 2.05. The average molecular weight is 255 g/mol. The zero-order valence-corrected chi connectivity index (χ0v) is 10.8. The van der Waals surface area contributed by atoms with Gasteiger partial charge in [0, 0.05) is 24.3 Å². The summed E-state index contributed by atoms with van der Waals surface area (Å²) in [6, 6.07) is 13.3. The van der Waals surface area contributed by atoms with Gasteiger partial charge in [0.15, 0.2) is 0 Å². The van der Waals surface area contributed by atoms with E-state index in [0.29, 0.717) is 5.56 Å². The van der Waals surface area contributed by atoms with Gasteiger partial charge in [0.25, 0.3) is 0 Å². The normalized spacial score (nSPS) is 12.1. The summed E-state index contributed by atoms with van der Waals surface area (Å²) in [6.45, 7) is 2.79. The SMILES string of the molecule is CC(NCc1ccc(C(N)=O)cc1)c1ccccn1. The van der Waals surface area contributed by atoms with Crippen molar-refractivity contribution in [3.63, 3.8) is 0 Å². The van der Waals surface area contributed by atoms with E-state index in [1.54, 1.807) is 18.3 Å². The predicted molar refractivity (Wildman–Crippen MR) is 74.5 cm³/mol. The van der Waals surface area contributed by atoms with Gasteiger partial charge in [-0.15, -0.1) is 0 Å². The van der Waals surface area contributed by atoms with Crippen LogP contribution in [-0.2, 0) is 6.54 Å². The first kappa shape index (κ1) is 13.2. The summed E-state index contributed by atoms with van der Waals surface area (Å²) >= 11 is 0. The molecule has 0 radical (unpaired) electrons. The molecule has 1 heterocycles. The van der Waals surface area contributed by atoms with Crippen LogP contribution in [0.25, 0.3) is 0 Å². The number of rotatable bonds is 5. The van der Waals surface area contributed by atoms with Crippen molar-refractivity contribution in [3.8, 4) is 0 Å². The number of carbonyl (C=O) groups excluding carboxylic acids is 1. The lowest BCUT2D eigenvalue weighted by atomic mass is 10.1. The minimum Gasteiger partial charge on any atom is -0.366 e. The third-order valence-electron chi connectivity index (χ3n) is 2.98. The number of pyridine rings is 1. The van der Waals surface area contributed by atoms with Crippen molar-refractivity contribution >= 4 is 5.91 Å². The molecule has 3 N–H and O–H groups in total. The molecular formula is C15H17N3O. The molecule has 0 fully saturated rings. The number of hydrogen-bond acceptors (Lipinski definition) is 3. The fourth-order valence-corrected chi connectivity index (χ4v) is 1.79. The van der Waals surface area contributed by atoms with E-state index in [0.717, 1.165) is 17.8 Å². The minimum absolute atomic E-state index is 0.178. The third-order valence-corrected chi connectivity index (χ3v) is 2.98. The molecule has 1 amide bonds. The molecule has 0 bridgehead atoms. The molecule has 4 heteroatoms. The van der Waals surface area contributed by atoms with Crippen LogP contribution in [-0.4, -0.2) is 10.9 Å². The van der Waals surface area contributed by atoms with Gasteiger partial charge in [-0.2, -0.15) is 0 Å². The first-order chi connectivity index (χ1) is 9.16. The first-order valence-corrected chi connectivity index (χ1v) is 6.20. The van der Waals surface area contributed by atoms with E-state index in [2.05, 4.69) is 17.2 Å². The molecular weight excluding hydrogens is 238 g/mol. The molecule has 2 aromatic rings. The maximum Gasteiger partial charge on any atom is 0.248 e. The second-order valence-corrected chi connectivity index (χ2v) is 4.42. The van der Waals surface area contributed by atoms with Crippen LogP contribution in [0.1, 0.15) is 34.6 Å². The van der Waals surface area contributed by atoms with Gasteiger partial charge in [0.1, 0.15) is 0 Å². The monoisotopic (exact) mass is 255 g/mol. The maximum absolute atomic E-state index is 11.0. The van der Waals surface area contributed by atoms with E-state index in [4.69, 9.17) is 5.73 Å². The largest absolute Gasteiger partial charge is 0.366 e. The maximum atomic E-state index is 11.0. The average Bonchev–Trinajstić information content (AvgIpc) is 2.46. The van der Waals surface area contributed by atoms with Crippen LogP contribution in [0.3, 0.4) is 0 Å². The second kappa shape index (κ2) is 6.11. The Morgan fingerprint density at radius 3 is 2.58 bits per heavy atom. The van der Waals surface area contributed by atoms with Crippen molar-refractivity contribution in [1.82, 2.24) is 10.3 Å². The van der Waals surface area contributed by atoms with Crippen molar-refractivity contribution in [3.05, 3.63) is 65.5 Å². The van der Waals surface area contributed by atoms with Crippen molar-refractivity contribution in [2.24, 2.45) is 5.73 Å². The summed E-state index contributed by atoms with van der Waals surface area (Å²) in [5.41, 5.74) is 7.84. The number of amides is 1. The highest BCUT2D eigenvalue weighted by Crippen LogP contribution is 2.10. The molecule has 0 saturated heterocycles. The summed E-state index contributed by atoms with van der Waals surface area (Å²) < 4.78 is 0. The Morgan fingerprint density at radius 1 is 1.26 bits per heavy atom. The number of nitrogens with one attached hydrogen (secondary N) is 1. The van der Waals surface area contributed by atoms with Crippen LogP contribution in [0.5, 0.6) is 0 Å². The van der Waals surface area contributed by atoms with Gasteiger partial charge >= 0.3 is 0 Å². The van der Waals surface area contributed by atoms with Crippen molar-refractivity contribution in [2.45, 2.75) is 19.5 Å². The highest BCUT2D eigenvalue weighted by atomic mass is 16.1. The first-order valence-electron chi connectivity index (χ1n) is 6.20. The molecule has 4 nitrogen and oxygen atoms in total.